The Morgan fingerprint density at radius 2 is 1.62 bits per heavy atom. The first-order chi connectivity index (χ1) is 14.2. The molecule has 0 atom stereocenters. The number of nitrogens with one attached hydrogen (secondary N) is 2. The predicted octanol–water partition coefficient (Wildman–Crippen LogP) is 4.40. The predicted molar refractivity (Wildman–Crippen MR) is 116 cm³/mol. The van der Waals surface area contributed by atoms with E-state index in [2.05, 4.69) is 29.7 Å². The van der Waals surface area contributed by atoms with E-state index in [1.165, 1.54) is 16.5 Å². The van der Waals surface area contributed by atoms with Crippen molar-refractivity contribution in [3.63, 3.8) is 0 Å². The number of amides is 2. The molecule has 0 unspecified atom stereocenters. The fourth-order valence-corrected chi connectivity index (χ4v) is 3.98. The van der Waals surface area contributed by atoms with Gasteiger partial charge in [0.1, 0.15) is 0 Å². The van der Waals surface area contributed by atoms with Crippen molar-refractivity contribution in [2.45, 2.75) is 39.2 Å². The van der Waals surface area contributed by atoms with Gasteiger partial charge in [0.15, 0.2) is 0 Å². The first kappa shape index (κ1) is 19.2. The molecule has 1 aliphatic carbocycles. The lowest BCUT2D eigenvalue weighted by molar-refractivity contribution is 0.0943. The largest absolute Gasteiger partial charge is 0.352 e. The highest BCUT2D eigenvalue weighted by Gasteiger charge is 2.18. The van der Waals surface area contributed by atoms with E-state index in [4.69, 9.17) is 0 Å². The number of hydrogen-bond donors (Lipinski definition) is 2. The molecule has 29 heavy (non-hydrogen) atoms. The zero-order valence-electron chi connectivity index (χ0n) is 16.8. The number of aryl methyl sites for hydroxylation is 2. The summed E-state index contributed by atoms with van der Waals surface area (Å²) in [5.74, 6) is -0.121. The van der Waals surface area contributed by atoms with E-state index >= 15 is 0 Å². The molecule has 0 radical (unpaired) electrons. The van der Waals surface area contributed by atoms with E-state index in [0.29, 0.717) is 18.7 Å². The first-order valence-corrected chi connectivity index (χ1v) is 10.4. The highest BCUT2D eigenvalue weighted by molar-refractivity contribution is 6.09. The van der Waals surface area contributed by atoms with Gasteiger partial charge in [0.05, 0.1) is 0 Å². The summed E-state index contributed by atoms with van der Waals surface area (Å²) in [6.45, 7) is 3.22. The molecule has 148 valence electrons. The second-order valence-electron chi connectivity index (χ2n) is 7.60. The molecule has 2 amide bonds. The molecule has 0 fully saturated rings. The maximum atomic E-state index is 12.8. The zero-order valence-corrected chi connectivity index (χ0v) is 16.8. The highest BCUT2D eigenvalue weighted by atomic mass is 16.2. The third kappa shape index (κ3) is 4.02. The third-order valence-corrected chi connectivity index (χ3v) is 5.61. The first-order valence-electron chi connectivity index (χ1n) is 10.4. The van der Waals surface area contributed by atoms with Gasteiger partial charge in [-0.3, -0.25) is 9.59 Å². The van der Waals surface area contributed by atoms with Crippen LogP contribution in [0.1, 0.15) is 57.2 Å². The zero-order chi connectivity index (χ0) is 20.2. The van der Waals surface area contributed by atoms with Crippen molar-refractivity contribution in [3.05, 3.63) is 82.4 Å². The second kappa shape index (κ2) is 8.48. The summed E-state index contributed by atoms with van der Waals surface area (Å²) >= 11 is 0. The van der Waals surface area contributed by atoms with Gasteiger partial charge < -0.3 is 10.6 Å². The Morgan fingerprint density at radius 1 is 0.862 bits per heavy atom. The smallest absolute Gasteiger partial charge is 0.252 e. The summed E-state index contributed by atoms with van der Waals surface area (Å²) in [7, 11) is 0. The van der Waals surface area contributed by atoms with Crippen molar-refractivity contribution < 1.29 is 9.59 Å². The lowest BCUT2D eigenvalue weighted by Gasteiger charge is -2.10. The monoisotopic (exact) mass is 386 g/mol. The quantitative estimate of drug-likeness (QED) is 0.592. The average Bonchev–Trinajstić information content (AvgIpc) is 3.18. The normalized spacial score (nSPS) is 12.2. The second-order valence-corrected chi connectivity index (χ2v) is 7.60. The van der Waals surface area contributed by atoms with Crippen molar-refractivity contribution in [2.75, 3.05) is 6.54 Å². The van der Waals surface area contributed by atoms with Gasteiger partial charge in [0.25, 0.3) is 11.8 Å². The van der Waals surface area contributed by atoms with E-state index in [-0.39, 0.29) is 11.8 Å². The van der Waals surface area contributed by atoms with E-state index in [0.717, 1.165) is 42.2 Å². The molecule has 0 aliphatic heterocycles. The van der Waals surface area contributed by atoms with Crippen LogP contribution in [0, 0.1) is 0 Å². The van der Waals surface area contributed by atoms with E-state index in [9.17, 15) is 9.59 Å². The molecule has 2 N–H and O–H groups in total. The van der Waals surface area contributed by atoms with Gasteiger partial charge in [-0.2, -0.15) is 0 Å². The molecule has 1 aliphatic rings. The Morgan fingerprint density at radius 3 is 2.38 bits per heavy atom. The minimum Gasteiger partial charge on any atom is -0.352 e. The van der Waals surface area contributed by atoms with Crippen LogP contribution in [0.15, 0.2) is 54.6 Å². The summed E-state index contributed by atoms with van der Waals surface area (Å²) in [4.78, 5) is 24.9. The van der Waals surface area contributed by atoms with Gasteiger partial charge in [-0.05, 0) is 64.9 Å². The van der Waals surface area contributed by atoms with Crippen molar-refractivity contribution >= 4 is 22.6 Å². The van der Waals surface area contributed by atoms with Crippen LogP contribution in [-0.2, 0) is 19.4 Å². The maximum absolute atomic E-state index is 12.8. The van der Waals surface area contributed by atoms with E-state index in [1.54, 1.807) is 0 Å². The Hall–Kier alpha value is -3.14. The molecule has 0 heterocycles. The fraction of sp³-hybridized carbons (Fsp3) is 0.280. The fourth-order valence-electron chi connectivity index (χ4n) is 3.98. The Labute approximate surface area is 171 Å². The molecule has 0 saturated heterocycles. The number of hydrogen-bond acceptors (Lipinski definition) is 2. The van der Waals surface area contributed by atoms with Gasteiger partial charge in [-0.25, -0.2) is 0 Å². The van der Waals surface area contributed by atoms with Gasteiger partial charge in [-0.15, -0.1) is 0 Å². The summed E-state index contributed by atoms with van der Waals surface area (Å²) in [5.41, 5.74) is 5.00. The van der Waals surface area contributed by atoms with Crippen LogP contribution in [0.5, 0.6) is 0 Å². The van der Waals surface area contributed by atoms with Gasteiger partial charge in [0, 0.05) is 24.2 Å². The van der Waals surface area contributed by atoms with Crippen LogP contribution in [0.3, 0.4) is 0 Å². The minimum atomic E-state index is -0.0676. The van der Waals surface area contributed by atoms with Crippen LogP contribution in [0.2, 0.25) is 0 Å². The molecule has 4 heteroatoms. The molecule has 4 nitrogen and oxygen atoms in total. The van der Waals surface area contributed by atoms with Crippen molar-refractivity contribution in [1.82, 2.24) is 10.6 Å². The van der Waals surface area contributed by atoms with Crippen LogP contribution in [0.4, 0.5) is 0 Å². The van der Waals surface area contributed by atoms with Crippen molar-refractivity contribution in [3.8, 4) is 0 Å². The lowest BCUT2D eigenvalue weighted by atomic mass is 9.99. The molecular weight excluding hydrogens is 360 g/mol. The summed E-state index contributed by atoms with van der Waals surface area (Å²) in [6, 6.07) is 17.6. The lowest BCUT2D eigenvalue weighted by Crippen LogP contribution is -2.25. The SMILES string of the molecule is CCCCNC(=O)c1ccc(CNC(=O)c2ccc3c4c(cccc24)CC3)cc1. The highest BCUT2D eigenvalue weighted by Crippen LogP contribution is 2.32. The Kier molecular flexibility index (Phi) is 5.61. The van der Waals surface area contributed by atoms with Crippen LogP contribution >= 0.6 is 0 Å². The van der Waals surface area contributed by atoms with Gasteiger partial charge >= 0.3 is 0 Å². The summed E-state index contributed by atoms with van der Waals surface area (Å²) in [5, 5.41) is 8.22. The number of carbonyl (C=O) groups is 2. The van der Waals surface area contributed by atoms with Gasteiger partial charge in [0.2, 0.25) is 0 Å². The Bertz CT molecular complexity index is 1040. The number of carbonyl (C=O) groups excluding carboxylic acids is 2. The van der Waals surface area contributed by atoms with Crippen LogP contribution < -0.4 is 10.6 Å². The van der Waals surface area contributed by atoms with Crippen molar-refractivity contribution in [2.24, 2.45) is 0 Å². The van der Waals surface area contributed by atoms with E-state index in [1.807, 2.05) is 42.5 Å². The topological polar surface area (TPSA) is 58.2 Å². The molecule has 0 aromatic heterocycles. The van der Waals surface area contributed by atoms with E-state index < -0.39 is 0 Å². The number of unbranched alkanes of at least 4 members (excludes halogenated alkanes) is 1. The molecule has 0 saturated carbocycles. The number of rotatable bonds is 7. The molecular formula is C25H26N2O2. The average molecular weight is 386 g/mol. The Balaban J connectivity index is 1.42. The number of benzene rings is 3. The summed E-state index contributed by atoms with van der Waals surface area (Å²) in [6.07, 6.45) is 4.14. The molecule has 4 rings (SSSR count). The standard InChI is InChI=1S/C25H26N2O2/c1-2-3-15-26-24(28)20-9-7-17(8-10-20)16-27-25(29)22-14-13-19-12-11-18-5-4-6-21(22)23(18)19/h4-10,13-14H,2-3,11-12,15-16H2,1H3,(H,26,28)(H,27,29). The maximum Gasteiger partial charge on any atom is 0.252 e. The molecule has 3 aromatic rings. The third-order valence-electron chi connectivity index (χ3n) is 5.61. The van der Waals surface area contributed by atoms with Crippen molar-refractivity contribution in [1.29, 1.82) is 0 Å². The van der Waals surface area contributed by atoms with Gasteiger partial charge in [-0.1, -0.05) is 49.7 Å². The van der Waals surface area contributed by atoms with Crippen LogP contribution in [0.25, 0.3) is 10.8 Å². The van der Waals surface area contributed by atoms with Crippen LogP contribution in [-0.4, -0.2) is 18.4 Å². The molecule has 3 aromatic carbocycles. The minimum absolute atomic E-state index is 0.0538. The molecule has 0 spiro atoms. The summed E-state index contributed by atoms with van der Waals surface area (Å²) < 4.78 is 0. The molecule has 0 bridgehead atoms.